The summed E-state index contributed by atoms with van der Waals surface area (Å²) in [5.74, 6) is -0.991. The number of halogens is 4. The Kier molecular flexibility index (Phi) is 7.50. The predicted octanol–water partition coefficient (Wildman–Crippen LogP) is 6.72. The van der Waals surface area contributed by atoms with Gasteiger partial charge in [0.2, 0.25) is 10.0 Å². The first-order valence-electron chi connectivity index (χ1n) is 10.6. The van der Waals surface area contributed by atoms with Crippen LogP contribution >= 0.6 is 35.0 Å². The Morgan fingerprint density at radius 2 is 1.69 bits per heavy atom. The topological polar surface area (TPSA) is 78.0 Å². The van der Waals surface area contributed by atoms with Crippen LogP contribution in [-0.2, 0) is 21.2 Å². The molecule has 11 heteroatoms. The van der Waals surface area contributed by atoms with Crippen LogP contribution in [0.1, 0.15) is 30.7 Å². The second kappa shape index (κ2) is 10.1. The summed E-state index contributed by atoms with van der Waals surface area (Å²) in [6, 6.07) is 15.2. The molecule has 0 aliphatic rings. The third kappa shape index (κ3) is 5.45. The third-order valence-corrected chi connectivity index (χ3v) is 8.47. The molecule has 1 heterocycles. The van der Waals surface area contributed by atoms with Crippen LogP contribution in [0.5, 0.6) is 0 Å². The summed E-state index contributed by atoms with van der Waals surface area (Å²) >= 11 is 13.7. The highest BCUT2D eigenvalue weighted by molar-refractivity contribution is 7.98. The molecule has 1 aromatic heterocycles. The SMILES string of the molecule is CC(C)(c1ccc(Cl)c(Cl)c1)c1cnc(SCc2ccc(S(N)(=O)=O)c(F)c2)n1-c1ccc(F)cc1. The van der Waals surface area contributed by atoms with E-state index in [0.717, 1.165) is 23.4 Å². The molecule has 0 saturated carbocycles. The van der Waals surface area contributed by atoms with Crippen LogP contribution in [0.2, 0.25) is 10.0 Å². The maximum Gasteiger partial charge on any atom is 0.240 e. The molecule has 5 nitrogen and oxygen atoms in total. The van der Waals surface area contributed by atoms with Gasteiger partial charge in [-0.2, -0.15) is 0 Å². The Hall–Kier alpha value is -2.43. The van der Waals surface area contributed by atoms with Crippen LogP contribution in [0.4, 0.5) is 8.78 Å². The fourth-order valence-corrected chi connectivity index (χ4v) is 5.58. The van der Waals surface area contributed by atoms with Gasteiger partial charge in [-0.3, -0.25) is 4.57 Å². The molecule has 36 heavy (non-hydrogen) atoms. The Balaban J connectivity index is 1.74. The standard InChI is InChI=1S/C25H21Cl2F2N3O2S2/c1-25(2,16-4-9-19(26)20(27)12-16)23-13-31-24(32(23)18-7-5-17(28)6-8-18)35-14-15-3-10-22(21(29)11-15)36(30,33)34/h3-13H,14H2,1-2H3,(H2,30,33,34). The number of benzene rings is 3. The Bertz CT molecular complexity index is 1540. The van der Waals surface area contributed by atoms with E-state index in [9.17, 15) is 17.2 Å². The minimum absolute atomic E-state index is 0.298. The lowest BCUT2D eigenvalue weighted by atomic mass is 9.81. The summed E-state index contributed by atoms with van der Waals surface area (Å²) < 4.78 is 52.9. The Labute approximate surface area is 222 Å². The van der Waals surface area contributed by atoms with Gasteiger partial charge < -0.3 is 0 Å². The normalized spacial score (nSPS) is 12.2. The van der Waals surface area contributed by atoms with Crippen LogP contribution < -0.4 is 5.14 Å². The molecule has 188 valence electrons. The van der Waals surface area contributed by atoms with Crippen molar-refractivity contribution in [3.05, 3.63) is 105 Å². The number of rotatable bonds is 7. The molecule has 0 fully saturated rings. The highest BCUT2D eigenvalue weighted by Gasteiger charge is 2.30. The van der Waals surface area contributed by atoms with E-state index in [4.69, 9.17) is 28.3 Å². The van der Waals surface area contributed by atoms with E-state index in [2.05, 4.69) is 4.98 Å². The molecule has 3 aromatic carbocycles. The predicted molar refractivity (Wildman–Crippen MR) is 139 cm³/mol. The summed E-state index contributed by atoms with van der Waals surface area (Å²) in [7, 11) is -4.16. The van der Waals surface area contributed by atoms with Crippen molar-refractivity contribution >= 4 is 45.0 Å². The molecule has 4 rings (SSSR count). The molecule has 0 bridgehead atoms. The fraction of sp³-hybridized carbons (Fsp3) is 0.160. The third-order valence-electron chi connectivity index (χ3n) is 5.77. The van der Waals surface area contributed by atoms with Crippen molar-refractivity contribution in [3.8, 4) is 5.69 Å². The minimum atomic E-state index is -4.16. The lowest BCUT2D eigenvalue weighted by molar-refractivity contribution is 0.567. The van der Waals surface area contributed by atoms with Crippen molar-refractivity contribution < 1.29 is 17.2 Å². The summed E-state index contributed by atoms with van der Waals surface area (Å²) in [5.41, 5.74) is 2.37. The minimum Gasteiger partial charge on any atom is -0.291 e. The van der Waals surface area contributed by atoms with Gasteiger partial charge in [0, 0.05) is 16.9 Å². The van der Waals surface area contributed by atoms with Crippen molar-refractivity contribution in [3.63, 3.8) is 0 Å². The number of sulfonamides is 1. The van der Waals surface area contributed by atoms with Crippen LogP contribution in [-0.4, -0.2) is 18.0 Å². The van der Waals surface area contributed by atoms with E-state index in [-0.39, 0.29) is 5.82 Å². The number of nitrogens with zero attached hydrogens (tertiary/aromatic N) is 2. The first-order valence-corrected chi connectivity index (χ1v) is 13.9. The zero-order valence-corrected chi connectivity index (χ0v) is 22.3. The van der Waals surface area contributed by atoms with Gasteiger partial charge in [0.25, 0.3) is 0 Å². The summed E-state index contributed by atoms with van der Waals surface area (Å²) in [4.78, 5) is 4.04. The van der Waals surface area contributed by atoms with E-state index in [1.807, 2.05) is 24.5 Å². The van der Waals surface area contributed by atoms with Gasteiger partial charge in [-0.15, -0.1) is 0 Å². The summed E-state index contributed by atoms with van der Waals surface area (Å²) in [6.07, 6.45) is 1.74. The van der Waals surface area contributed by atoms with E-state index in [1.54, 1.807) is 30.5 Å². The molecule has 0 unspecified atom stereocenters. The quantitative estimate of drug-likeness (QED) is 0.251. The molecule has 0 radical (unpaired) electrons. The molecular weight excluding hydrogens is 547 g/mol. The van der Waals surface area contributed by atoms with E-state index < -0.39 is 26.2 Å². The van der Waals surface area contributed by atoms with Crippen LogP contribution in [0, 0.1) is 11.6 Å². The van der Waals surface area contributed by atoms with Crippen LogP contribution in [0.3, 0.4) is 0 Å². The fourth-order valence-electron chi connectivity index (χ4n) is 3.76. The maximum atomic E-state index is 14.3. The van der Waals surface area contributed by atoms with Gasteiger partial charge in [-0.05, 0) is 59.7 Å². The zero-order chi connectivity index (χ0) is 26.3. The zero-order valence-electron chi connectivity index (χ0n) is 19.2. The number of primary sulfonamides is 1. The van der Waals surface area contributed by atoms with Gasteiger partial charge in [0.05, 0.1) is 21.9 Å². The molecule has 0 amide bonds. The average Bonchev–Trinajstić information content (AvgIpc) is 3.24. The number of hydrogen-bond acceptors (Lipinski definition) is 4. The second-order valence-electron chi connectivity index (χ2n) is 8.59. The number of nitrogens with two attached hydrogens (primary N) is 1. The summed E-state index contributed by atoms with van der Waals surface area (Å²) in [5, 5.41) is 6.50. The number of imidazole rings is 1. The smallest absolute Gasteiger partial charge is 0.240 e. The van der Waals surface area contributed by atoms with Crippen LogP contribution in [0.25, 0.3) is 5.69 Å². The van der Waals surface area contributed by atoms with Gasteiger partial charge >= 0.3 is 0 Å². The Morgan fingerprint density at radius 1 is 1.00 bits per heavy atom. The first kappa shape index (κ1) is 26.6. The largest absolute Gasteiger partial charge is 0.291 e. The number of thioether (sulfide) groups is 1. The number of hydrogen-bond donors (Lipinski definition) is 1. The van der Waals surface area contributed by atoms with Crippen molar-refractivity contribution in [1.29, 1.82) is 0 Å². The van der Waals surface area contributed by atoms with Crippen molar-refractivity contribution in [1.82, 2.24) is 9.55 Å². The van der Waals surface area contributed by atoms with Gasteiger partial charge in [-0.1, -0.05) is 60.9 Å². The van der Waals surface area contributed by atoms with Crippen LogP contribution in [0.15, 0.2) is 76.9 Å². The molecule has 2 N–H and O–H groups in total. The average molecular weight is 568 g/mol. The molecular formula is C25H21Cl2F2N3O2S2. The molecule has 0 aliphatic heterocycles. The molecule has 0 aliphatic carbocycles. The maximum absolute atomic E-state index is 14.3. The Morgan fingerprint density at radius 3 is 2.31 bits per heavy atom. The lowest BCUT2D eigenvalue weighted by Crippen LogP contribution is -2.23. The summed E-state index contributed by atoms with van der Waals surface area (Å²) in [6.45, 7) is 4.03. The highest BCUT2D eigenvalue weighted by Crippen LogP contribution is 2.38. The van der Waals surface area contributed by atoms with Gasteiger partial charge in [0.1, 0.15) is 16.5 Å². The molecule has 0 spiro atoms. The van der Waals surface area contributed by atoms with Crippen molar-refractivity contribution in [2.45, 2.75) is 35.1 Å². The van der Waals surface area contributed by atoms with Gasteiger partial charge in [0.15, 0.2) is 5.16 Å². The second-order valence-corrected chi connectivity index (χ2v) is 11.9. The highest BCUT2D eigenvalue weighted by atomic mass is 35.5. The number of aromatic nitrogens is 2. The first-order chi connectivity index (χ1) is 16.9. The monoisotopic (exact) mass is 567 g/mol. The van der Waals surface area contributed by atoms with Crippen molar-refractivity contribution in [2.75, 3.05) is 0 Å². The molecule has 0 saturated heterocycles. The lowest BCUT2D eigenvalue weighted by Gasteiger charge is -2.28. The van der Waals surface area contributed by atoms with E-state index in [1.165, 1.54) is 30.0 Å². The molecule has 4 aromatic rings. The molecule has 0 atom stereocenters. The van der Waals surface area contributed by atoms with E-state index >= 15 is 0 Å². The van der Waals surface area contributed by atoms with Gasteiger partial charge in [-0.25, -0.2) is 27.3 Å². The van der Waals surface area contributed by atoms with E-state index in [0.29, 0.717) is 32.2 Å². The van der Waals surface area contributed by atoms with Crippen molar-refractivity contribution in [2.24, 2.45) is 5.14 Å².